The Morgan fingerprint density at radius 3 is 2.56 bits per heavy atom. The van der Waals surface area contributed by atoms with Gasteiger partial charge < -0.3 is 14.6 Å². The fourth-order valence-electron chi connectivity index (χ4n) is 3.46. The van der Waals surface area contributed by atoms with Gasteiger partial charge in [-0.25, -0.2) is 13.6 Å². The highest BCUT2D eigenvalue weighted by Gasteiger charge is 2.32. The van der Waals surface area contributed by atoms with Crippen LogP contribution in [0.2, 0.25) is 0 Å². The maximum atomic E-state index is 15.3. The molecule has 1 unspecified atom stereocenters. The van der Waals surface area contributed by atoms with Crippen molar-refractivity contribution in [3.63, 3.8) is 0 Å². The van der Waals surface area contributed by atoms with Gasteiger partial charge in [-0.1, -0.05) is 0 Å². The molecule has 5 nitrogen and oxygen atoms in total. The van der Waals surface area contributed by atoms with Crippen LogP contribution in [0.4, 0.5) is 14.5 Å². The zero-order chi connectivity index (χ0) is 17.9. The van der Waals surface area contributed by atoms with Crippen LogP contribution < -0.4 is 10.3 Å². The summed E-state index contributed by atoms with van der Waals surface area (Å²) in [5.41, 5.74) is -1.52. The number of rotatable bonds is 3. The summed E-state index contributed by atoms with van der Waals surface area (Å²) in [5, 5.41) is 9.04. The molecule has 1 aliphatic heterocycles. The van der Waals surface area contributed by atoms with Crippen molar-refractivity contribution in [1.82, 2.24) is 4.57 Å². The third-order valence-electron chi connectivity index (χ3n) is 4.83. The molecule has 1 aromatic heterocycles. The summed E-state index contributed by atoms with van der Waals surface area (Å²) in [7, 11) is 0. The number of carboxylic acids is 1. The Morgan fingerprint density at radius 1 is 1.28 bits per heavy atom. The number of halogens is 2. The number of carboxylic acid groups (broad SMARTS) is 1. The molecule has 8 heteroatoms. The molecule has 0 bridgehead atoms. The van der Waals surface area contributed by atoms with Gasteiger partial charge in [0, 0.05) is 30.6 Å². The van der Waals surface area contributed by atoms with Gasteiger partial charge in [0.05, 0.1) is 10.9 Å². The minimum atomic E-state index is -1.40. The lowest BCUT2D eigenvalue weighted by Crippen LogP contribution is -2.25. The zero-order valence-corrected chi connectivity index (χ0v) is 14.1. The Hall–Kier alpha value is -2.09. The Balaban J connectivity index is 2.03. The van der Waals surface area contributed by atoms with Gasteiger partial charge >= 0.3 is 5.97 Å². The molecule has 25 heavy (non-hydrogen) atoms. The third kappa shape index (κ3) is 2.59. The second-order valence-corrected chi connectivity index (χ2v) is 7.35. The lowest BCUT2D eigenvalue weighted by atomic mass is 10.1. The molecule has 0 radical (unpaired) electrons. The number of nitrogens with zero attached hydrogens (tertiary/aromatic N) is 2. The van der Waals surface area contributed by atoms with E-state index in [0.29, 0.717) is 19.5 Å². The largest absolute Gasteiger partial charge is 0.477 e. The van der Waals surface area contributed by atoms with Gasteiger partial charge in [-0.3, -0.25) is 4.79 Å². The van der Waals surface area contributed by atoms with Crippen LogP contribution in [0, 0.1) is 11.6 Å². The quantitative estimate of drug-likeness (QED) is 0.820. The van der Waals surface area contributed by atoms with Gasteiger partial charge in [0.2, 0.25) is 5.43 Å². The van der Waals surface area contributed by atoms with E-state index in [9.17, 15) is 19.1 Å². The van der Waals surface area contributed by atoms with Crippen molar-refractivity contribution >= 4 is 35.2 Å². The van der Waals surface area contributed by atoms with E-state index in [1.165, 1.54) is 10.8 Å². The van der Waals surface area contributed by atoms with Crippen molar-refractivity contribution in [1.29, 1.82) is 0 Å². The first-order valence-electron chi connectivity index (χ1n) is 8.11. The number of carbonyl (C=O) groups is 1. The van der Waals surface area contributed by atoms with Crippen molar-refractivity contribution in [3.05, 3.63) is 39.7 Å². The molecule has 0 spiro atoms. The summed E-state index contributed by atoms with van der Waals surface area (Å²) in [5.74, 6) is -3.06. The first-order valence-corrected chi connectivity index (χ1v) is 8.63. The predicted octanol–water partition coefficient (Wildman–Crippen LogP) is 2.82. The number of thiol groups is 1. The number of aromatic nitrogens is 1. The third-order valence-corrected chi connectivity index (χ3v) is 5.26. The maximum absolute atomic E-state index is 15.3. The Bertz CT molecular complexity index is 955. The Morgan fingerprint density at radius 2 is 2.00 bits per heavy atom. The number of pyridine rings is 1. The Labute approximate surface area is 147 Å². The molecule has 1 saturated heterocycles. The highest BCUT2D eigenvalue weighted by Crippen LogP contribution is 2.40. The van der Waals surface area contributed by atoms with Crippen molar-refractivity contribution < 1.29 is 18.7 Å². The molecule has 2 heterocycles. The van der Waals surface area contributed by atoms with Crippen LogP contribution in [0.5, 0.6) is 0 Å². The smallest absolute Gasteiger partial charge is 0.341 e. The first kappa shape index (κ1) is 16.4. The minimum Gasteiger partial charge on any atom is -0.477 e. The lowest BCUT2D eigenvalue weighted by molar-refractivity contribution is 0.0695. The summed E-state index contributed by atoms with van der Waals surface area (Å²) >= 11 is 4.35. The van der Waals surface area contributed by atoms with Gasteiger partial charge in [0.15, 0.2) is 5.82 Å². The van der Waals surface area contributed by atoms with Gasteiger partial charge in [-0.05, 0) is 25.3 Å². The molecule has 2 aliphatic rings. The van der Waals surface area contributed by atoms with Crippen LogP contribution in [0.25, 0.3) is 10.9 Å². The number of benzene rings is 1. The molecule has 2 aromatic rings. The molecule has 2 fully saturated rings. The summed E-state index contributed by atoms with van der Waals surface area (Å²) in [6.45, 7) is 0.901. The first-order chi connectivity index (χ1) is 11.9. The van der Waals surface area contributed by atoms with Crippen LogP contribution in [-0.2, 0) is 0 Å². The van der Waals surface area contributed by atoms with E-state index < -0.39 is 28.6 Å². The SMILES string of the molecule is O=C(O)c1cn(C2CC2)c2c(F)c(N3CCC(S)C3)c(F)cc2c1=O. The van der Waals surface area contributed by atoms with E-state index in [1.807, 2.05) is 0 Å². The number of fused-ring (bicyclic) bond motifs is 1. The van der Waals surface area contributed by atoms with Crippen molar-refractivity contribution in [2.75, 3.05) is 18.0 Å². The van der Waals surface area contributed by atoms with Gasteiger partial charge in [0.1, 0.15) is 17.1 Å². The minimum absolute atomic E-state index is 0.0171. The van der Waals surface area contributed by atoms with E-state index in [1.54, 1.807) is 4.90 Å². The van der Waals surface area contributed by atoms with E-state index in [4.69, 9.17) is 0 Å². The molecule has 132 valence electrons. The van der Waals surface area contributed by atoms with Crippen LogP contribution in [-0.4, -0.2) is 34.0 Å². The molecule has 1 aliphatic carbocycles. The fraction of sp³-hybridized carbons (Fsp3) is 0.412. The van der Waals surface area contributed by atoms with Crippen LogP contribution in [0.15, 0.2) is 17.1 Å². The zero-order valence-electron chi connectivity index (χ0n) is 13.2. The molecule has 0 amide bonds. The van der Waals surface area contributed by atoms with Crippen LogP contribution in [0.1, 0.15) is 35.7 Å². The monoisotopic (exact) mass is 366 g/mol. The van der Waals surface area contributed by atoms with E-state index in [2.05, 4.69) is 12.6 Å². The number of hydrogen-bond acceptors (Lipinski definition) is 4. The molecule has 1 aromatic carbocycles. The lowest BCUT2D eigenvalue weighted by Gasteiger charge is -2.22. The van der Waals surface area contributed by atoms with Crippen LogP contribution >= 0.6 is 12.6 Å². The maximum Gasteiger partial charge on any atom is 0.341 e. The van der Waals surface area contributed by atoms with Gasteiger partial charge in [-0.15, -0.1) is 0 Å². The average Bonchev–Trinajstić information content (AvgIpc) is 3.30. The van der Waals surface area contributed by atoms with Crippen LogP contribution in [0.3, 0.4) is 0 Å². The Kier molecular flexibility index (Phi) is 3.75. The van der Waals surface area contributed by atoms with Crippen molar-refractivity contribution in [2.24, 2.45) is 0 Å². The van der Waals surface area contributed by atoms with Crippen molar-refractivity contribution in [2.45, 2.75) is 30.6 Å². The second-order valence-electron chi connectivity index (χ2n) is 6.62. The standard InChI is InChI=1S/C17H16F2N2O3S/c18-12-5-10-14(13(19)15(12)20-4-3-9(25)6-20)21(8-1-2-8)7-11(16(10)22)17(23)24/h5,7-9,25H,1-4,6H2,(H,23,24). The summed E-state index contributed by atoms with van der Waals surface area (Å²) in [6.07, 6.45) is 3.44. The number of anilines is 1. The highest BCUT2D eigenvalue weighted by molar-refractivity contribution is 7.81. The molecular weight excluding hydrogens is 350 g/mol. The van der Waals surface area contributed by atoms with E-state index >= 15 is 4.39 Å². The highest BCUT2D eigenvalue weighted by atomic mass is 32.1. The predicted molar refractivity (Wildman–Crippen MR) is 93.0 cm³/mol. The molecule has 4 rings (SSSR count). The summed E-state index contributed by atoms with van der Waals surface area (Å²) < 4.78 is 31.4. The molecular formula is C17H16F2N2O3S. The summed E-state index contributed by atoms with van der Waals surface area (Å²) in [4.78, 5) is 25.3. The van der Waals surface area contributed by atoms with Crippen molar-refractivity contribution in [3.8, 4) is 0 Å². The average molecular weight is 366 g/mol. The van der Waals surface area contributed by atoms with E-state index in [0.717, 1.165) is 18.9 Å². The second kappa shape index (κ2) is 5.72. The molecule has 1 N–H and O–H groups in total. The number of aromatic carboxylic acids is 1. The molecule has 1 saturated carbocycles. The van der Waals surface area contributed by atoms with Gasteiger partial charge in [-0.2, -0.15) is 12.6 Å². The topological polar surface area (TPSA) is 62.5 Å². The fourth-order valence-corrected chi connectivity index (χ4v) is 3.77. The summed E-state index contributed by atoms with van der Waals surface area (Å²) in [6, 6.07) is 0.901. The normalized spacial score (nSPS) is 20.4. The van der Waals surface area contributed by atoms with Gasteiger partial charge in [0.25, 0.3) is 0 Å². The number of hydrogen-bond donors (Lipinski definition) is 2. The van der Waals surface area contributed by atoms with E-state index in [-0.39, 0.29) is 27.9 Å². The molecule has 1 atom stereocenters.